The van der Waals surface area contributed by atoms with E-state index in [1.807, 2.05) is 0 Å². The van der Waals surface area contributed by atoms with E-state index in [0.717, 1.165) is 18.7 Å². The van der Waals surface area contributed by atoms with Crippen molar-refractivity contribution in [2.24, 2.45) is 5.73 Å². The van der Waals surface area contributed by atoms with Crippen molar-refractivity contribution >= 4 is 0 Å². The third kappa shape index (κ3) is 2.00. The molecule has 16 heavy (non-hydrogen) atoms. The quantitative estimate of drug-likeness (QED) is 0.818. The molecule has 0 aliphatic heterocycles. The predicted octanol–water partition coefficient (Wildman–Crippen LogP) is 0.964. The highest BCUT2D eigenvalue weighted by Gasteiger charge is 2.58. The number of aliphatic hydroxyl groups is 1. The number of hydrogen-bond donors (Lipinski definition) is 2. The lowest BCUT2D eigenvalue weighted by atomic mass is 9.86. The van der Waals surface area contributed by atoms with Gasteiger partial charge in [0.2, 0.25) is 5.60 Å². The predicted molar refractivity (Wildman–Crippen MR) is 50.3 cm³/mol. The molecule has 1 heterocycles. The van der Waals surface area contributed by atoms with Crippen molar-refractivity contribution < 1.29 is 18.3 Å². The van der Waals surface area contributed by atoms with Crippen LogP contribution in [0.2, 0.25) is 0 Å². The molecular formula is C9H12F3N3O. The molecule has 0 aliphatic rings. The van der Waals surface area contributed by atoms with Gasteiger partial charge in [-0.3, -0.25) is 0 Å². The number of halogens is 3. The fourth-order valence-electron chi connectivity index (χ4n) is 1.38. The molecule has 0 spiro atoms. The lowest BCUT2D eigenvalue weighted by Crippen LogP contribution is -2.55. The molecule has 0 aliphatic carbocycles. The molecule has 7 heteroatoms. The smallest absolute Gasteiger partial charge is 0.375 e. The number of alkyl halides is 3. The molecule has 0 amide bonds. The van der Waals surface area contributed by atoms with E-state index in [1.54, 1.807) is 0 Å². The van der Waals surface area contributed by atoms with Crippen molar-refractivity contribution in [3.63, 3.8) is 0 Å². The normalized spacial score (nSPS) is 17.9. The zero-order valence-corrected chi connectivity index (χ0v) is 8.57. The maximum atomic E-state index is 12.8. The highest BCUT2D eigenvalue weighted by Crippen LogP contribution is 2.41. The van der Waals surface area contributed by atoms with Gasteiger partial charge in [-0.15, -0.1) is 0 Å². The van der Waals surface area contributed by atoms with Crippen LogP contribution in [0.1, 0.15) is 18.9 Å². The number of rotatable bonds is 3. The van der Waals surface area contributed by atoms with Crippen molar-refractivity contribution in [2.45, 2.75) is 31.2 Å². The molecular weight excluding hydrogens is 223 g/mol. The van der Waals surface area contributed by atoms with Crippen LogP contribution in [0.3, 0.4) is 0 Å². The van der Waals surface area contributed by atoms with Gasteiger partial charge in [0, 0.05) is 24.0 Å². The molecule has 0 aromatic carbocycles. The molecule has 0 bridgehead atoms. The molecule has 90 valence electrons. The summed E-state index contributed by atoms with van der Waals surface area (Å²) in [6.07, 6.45) is -1.98. The first-order valence-electron chi connectivity index (χ1n) is 4.64. The minimum Gasteiger partial charge on any atom is -0.375 e. The van der Waals surface area contributed by atoms with Crippen LogP contribution < -0.4 is 5.73 Å². The lowest BCUT2D eigenvalue weighted by molar-refractivity contribution is -0.274. The SMILES string of the molecule is CCC(N)C(O)(c1cncnc1)C(F)(F)F. The third-order valence-corrected chi connectivity index (χ3v) is 2.41. The van der Waals surface area contributed by atoms with Gasteiger partial charge in [-0.1, -0.05) is 6.92 Å². The first-order valence-corrected chi connectivity index (χ1v) is 4.64. The average molecular weight is 235 g/mol. The zero-order valence-electron chi connectivity index (χ0n) is 8.57. The van der Waals surface area contributed by atoms with Crippen LogP contribution in [0.15, 0.2) is 18.7 Å². The molecule has 2 atom stereocenters. The van der Waals surface area contributed by atoms with Gasteiger partial charge >= 0.3 is 6.18 Å². The summed E-state index contributed by atoms with van der Waals surface area (Å²) in [5.74, 6) is 0. The van der Waals surface area contributed by atoms with E-state index in [2.05, 4.69) is 9.97 Å². The second kappa shape index (κ2) is 4.34. The Morgan fingerprint density at radius 2 is 1.88 bits per heavy atom. The zero-order chi connectivity index (χ0) is 12.4. The standard InChI is InChI=1S/C9H12F3N3O/c1-2-7(13)8(16,9(10,11)12)6-3-14-5-15-4-6/h3-5,7,16H,2,13H2,1H3. The van der Waals surface area contributed by atoms with Crippen molar-refractivity contribution in [3.8, 4) is 0 Å². The van der Waals surface area contributed by atoms with Gasteiger partial charge in [0.25, 0.3) is 0 Å². The van der Waals surface area contributed by atoms with E-state index in [-0.39, 0.29) is 6.42 Å². The molecule has 4 nitrogen and oxygen atoms in total. The molecule has 1 aromatic heterocycles. The van der Waals surface area contributed by atoms with Crippen molar-refractivity contribution in [2.75, 3.05) is 0 Å². The summed E-state index contributed by atoms with van der Waals surface area (Å²) in [7, 11) is 0. The molecule has 2 unspecified atom stereocenters. The highest BCUT2D eigenvalue weighted by atomic mass is 19.4. The Morgan fingerprint density at radius 1 is 1.38 bits per heavy atom. The highest BCUT2D eigenvalue weighted by molar-refractivity contribution is 5.20. The Bertz CT molecular complexity index is 344. The van der Waals surface area contributed by atoms with Gasteiger partial charge < -0.3 is 10.8 Å². The van der Waals surface area contributed by atoms with Gasteiger partial charge in [-0.2, -0.15) is 13.2 Å². The Kier molecular flexibility index (Phi) is 3.49. The summed E-state index contributed by atoms with van der Waals surface area (Å²) < 4.78 is 38.5. The van der Waals surface area contributed by atoms with E-state index >= 15 is 0 Å². The van der Waals surface area contributed by atoms with E-state index in [9.17, 15) is 18.3 Å². The summed E-state index contributed by atoms with van der Waals surface area (Å²) in [6.45, 7) is 1.46. The minimum atomic E-state index is -4.87. The maximum absolute atomic E-state index is 12.8. The largest absolute Gasteiger partial charge is 0.423 e. The number of nitrogens with zero attached hydrogens (tertiary/aromatic N) is 2. The van der Waals surface area contributed by atoms with Gasteiger partial charge in [-0.05, 0) is 6.42 Å². The molecule has 0 fully saturated rings. The minimum absolute atomic E-state index is 0.0229. The van der Waals surface area contributed by atoms with Crippen molar-refractivity contribution in [1.29, 1.82) is 0 Å². The number of nitrogens with two attached hydrogens (primary N) is 1. The van der Waals surface area contributed by atoms with Gasteiger partial charge in [-0.25, -0.2) is 9.97 Å². The van der Waals surface area contributed by atoms with E-state index in [4.69, 9.17) is 5.73 Å². The molecule has 0 saturated carbocycles. The van der Waals surface area contributed by atoms with Gasteiger partial charge in [0.1, 0.15) is 6.33 Å². The monoisotopic (exact) mass is 235 g/mol. The van der Waals surface area contributed by atoms with Crippen molar-refractivity contribution in [1.82, 2.24) is 9.97 Å². The fraction of sp³-hybridized carbons (Fsp3) is 0.556. The Morgan fingerprint density at radius 3 is 2.25 bits per heavy atom. The number of aromatic nitrogens is 2. The van der Waals surface area contributed by atoms with Crippen LogP contribution in [0, 0.1) is 0 Å². The Labute approximate surface area is 90.3 Å². The van der Waals surface area contributed by atoms with Crippen molar-refractivity contribution in [3.05, 3.63) is 24.3 Å². The fourth-order valence-corrected chi connectivity index (χ4v) is 1.38. The third-order valence-electron chi connectivity index (χ3n) is 2.41. The van der Waals surface area contributed by atoms with Gasteiger partial charge in [0.05, 0.1) is 0 Å². The van der Waals surface area contributed by atoms with E-state index in [1.165, 1.54) is 6.92 Å². The summed E-state index contributed by atoms with van der Waals surface area (Å²) in [5, 5.41) is 9.76. The summed E-state index contributed by atoms with van der Waals surface area (Å²) in [6, 6.07) is -1.46. The van der Waals surface area contributed by atoms with Crippen LogP contribution >= 0.6 is 0 Å². The van der Waals surface area contributed by atoms with Crippen LogP contribution in [0.4, 0.5) is 13.2 Å². The topological polar surface area (TPSA) is 72.0 Å². The van der Waals surface area contributed by atoms with Crippen LogP contribution in [0.25, 0.3) is 0 Å². The number of hydrogen-bond acceptors (Lipinski definition) is 4. The average Bonchev–Trinajstić information content (AvgIpc) is 2.26. The van der Waals surface area contributed by atoms with E-state index in [0.29, 0.717) is 0 Å². The molecule has 1 rings (SSSR count). The summed E-state index contributed by atoms with van der Waals surface area (Å²) in [5.41, 5.74) is 1.79. The second-order valence-corrected chi connectivity index (χ2v) is 3.41. The Hall–Kier alpha value is -1.21. The molecule has 0 radical (unpaired) electrons. The maximum Gasteiger partial charge on any atom is 0.423 e. The molecule has 3 N–H and O–H groups in total. The summed E-state index contributed by atoms with van der Waals surface area (Å²) >= 11 is 0. The van der Waals surface area contributed by atoms with E-state index < -0.39 is 23.4 Å². The van der Waals surface area contributed by atoms with Crippen LogP contribution in [0.5, 0.6) is 0 Å². The first-order chi connectivity index (χ1) is 7.34. The molecule has 0 saturated heterocycles. The summed E-state index contributed by atoms with van der Waals surface area (Å²) in [4.78, 5) is 6.91. The lowest BCUT2D eigenvalue weighted by Gasteiger charge is -2.34. The van der Waals surface area contributed by atoms with Gasteiger partial charge in [0.15, 0.2) is 0 Å². The second-order valence-electron chi connectivity index (χ2n) is 3.41. The Balaban J connectivity index is 3.26. The van der Waals surface area contributed by atoms with Crippen LogP contribution in [-0.4, -0.2) is 27.3 Å². The first kappa shape index (κ1) is 12.9. The molecule has 1 aromatic rings. The van der Waals surface area contributed by atoms with Crippen LogP contribution in [-0.2, 0) is 5.60 Å².